The first-order valence-corrected chi connectivity index (χ1v) is 8.13. The molecule has 110 valence electrons. The lowest BCUT2D eigenvalue weighted by atomic mass is 9.76. The molecule has 1 aromatic carbocycles. The topological polar surface area (TPSA) is 23.5 Å². The highest BCUT2D eigenvalue weighted by Gasteiger charge is 2.38. The Balaban J connectivity index is 1.68. The molecular formula is C18H27NO. The number of aryl methyl sites for hydroxylation is 1. The SMILES string of the molecule is Cc1ccc(C(C)N2CCC3(CCCC3)CC2)c(O)c1. The summed E-state index contributed by atoms with van der Waals surface area (Å²) in [6.07, 6.45) is 8.48. The van der Waals surface area contributed by atoms with E-state index in [-0.39, 0.29) is 0 Å². The van der Waals surface area contributed by atoms with Gasteiger partial charge in [0.1, 0.15) is 5.75 Å². The van der Waals surface area contributed by atoms with Crippen LogP contribution in [0.3, 0.4) is 0 Å². The van der Waals surface area contributed by atoms with Crippen molar-refractivity contribution in [3.63, 3.8) is 0 Å². The third-order valence-electron chi connectivity index (χ3n) is 5.71. The molecule has 1 spiro atoms. The van der Waals surface area contributed by atoms with Gasteiger partial charge in [-0.25, -0.2) is 0 Å². The van der Waals surface area contributed by atoms with E-state index in [1.807, 2.05) is 13.0 Å². The van der Waals surface area contributed by atoms with Crippen LogP contribution in [0.1, 0.15) is 62.6 Å². The van der Waals surface area contributed by atoms with Crippen LogP contribution in [-0.2, 0) is 0 Å². The lowest BCUT2D eigenvalue weighted by Gasteiger charge is -2.42. The van der Waals surface area contributed by atoms with Gasteiger partial charge >= 0.3 is 0 Å². The molecule has 1 atom stereocenters. The van der Waals surface area contributed by atoms with Crippen LogP contribution >= 0.6 is 0 Å². The zero-order valence-corrected chi connectivity index (χ0v) is 12.9. The van der Waals surface area contributed by atoms with E-state index in [9.17, 15) is 5.11 Å². The van der Waals surface area contributed by atoms with E-state index < -0.39 is 0 Å². The smallest absolute Gasteiger partial charge is 0.120 e. The van der Waals surface area contributed by atoms with Gasteiger partial charge in [0.25, 0.3) is 0 Å². The first-order chi connectivity index (χ1) is 9.60. The number of phenolic OH excluding ortho intramolecular Hbond substituents is 1. The van der Waals surface area contributed by atoms with Gasteiger partial charge in [0.15, 0.2) is 0 Å². The van der Waals surface area contributed by atoms with Crippen LogP contribution in [0.15, 0.2) is 18.2 Å². The molecule has 1 N–H and O–H groups in total. The summed E-state index contributed by atoms with van der Waals surface area (Å²) in [5.74, 6) is 0.457. The Morgan fingerprint density at radius 2 is 1.75 bits per heavy atom. The molecule has 3 rings (SSSR count). The van der Waals surface area contributed by atoms with Crippen molar-refractivity contribution in [2.75, 3.05) is 13.1 Å². The minimum absolute atomic E-state index is 0.328. The summed E-state index contributed by atoms with van der Waals surface area (Å²) < 4.78 is 0. The van der Waals surface area contributed by atoms with Crippen molar-refractivity contribution in [1.82, 2.24) is 4.90 Å². The zero-order chi connectivity index (χ0) is 14.2. The number of benzene rings is 1. The van der Waals surface area contributed by atoms with Crippen molar-refractivity contribution < 1.29 is 5.11 Å². The van der Waals surface area contributed by atoms with Crippen LogP contribution in [0.5, 0.6) is 5.75 Å². The van der Waals surface area contributed by atoms with Crippen molar-refractivity contribution in [2.45, 2.75) is 58.4 Å². The van der Waals surface area contributed by atoms with Crippen molar-refractivity contribution >= 4 is 0 Å². The Kier molecular flexibility index (Phi) is 3.76. The van der Waals surface area contributed by atoms with Gasteiger partial charge in [-0.15, -0.1) is 0 Å². The molecule has 1 aromatic rings. The average Bonchev–Trinajstić information content (AvgIpc) is 2.87. The number of aromatic hydroxyl groups is 1. The first-order valence-electron chi connectivity index (χ1n) is 8.13. The van der Waals surface area contributed by atoms with Crippen LogP contribution in [0.4, 0.5) is 0 Å². The fraction of sp³-hybridized carbons (Fsp3) is 0.667. The molecule has 1 aliphatic heterocycles. The maximum absolute atomic E-state index is 10.2. The van der Waals surface area contributed by atoms with Crippen LogP contribution < -0.4 is 0 Å². The monoisotopic (exact) mass is 273 g/mol. The highest BCUT2D eigenvalue weighted by molar-refractivity contribution is 5.37. The molecule has 1 unspecified atom stereocenters. The van der Waals surface area contributed by atoms with E-state index in [0.717, 1.165) is 11.1 Å². The van der Waals surface area contributed by atoms with Gasteiger partial charge in [-0.2, -0.15) is 0 Å². The number of nitrogens with zero attached hydrogens (tertiary/aromatic N) is 1. The number of phenols is 1. The summed E-state index contributed by atoms with van der Waals surface area (Å²) in [6.45, 7) is 6.64. The molecule has 20 heavy (non-hydrogen) atoms. The second-order valence-electron chi connectivity index (χ2n) is 6.98. The molecular weight excluding hydrogens is 246 g/mol. The highest BCUT2D eigenvalue weighted by Crippen LogP contribution is 2.47. The Labute approximate surface area is 122 Å². The molecule has 2 nitrogen and oxygen atoms in total. The third-order valence-corrected chi connectivity index (χ3v) is 5.71. The summed E-state index contributed by atoms with van der Waals surface area (Å²) in [4.78, 5) is 2.55. The summed E-state index contributed by atoms with van der Waals surface area (Å²) in [5.41, 5.74) is 2.88. The Morgan fingerprint density at radius 1 is 1.10 bits per heavy atom. The Morgan fingerprint density at radius 3 is 2.35 bits per heavy atom. The van der Waals surface area contributed by atoms with Gasteiger partial charge < -0.3 is 5.11 Å². The Bertz CT molecular complexity index is 466. The molecule has 1 heterocycles. The fourth-order valence-corrected chi connectivity index (χ4v) is 4.21. The van der Waals surface area contributed by atoms with E-state index in [0.29, 0.717) is 17.2 Å². The van der Waals surface area contributed by atoms with E-state index >= 15 is 0 Å². The molecule has 0 aromatic heterocycles. The van der Waals surface area contributed by atoms with Gasteiger partial charge in [0.2, 0.25) is 0 Å². The number of piperidine rings is 1. The van der Waals surface area contributed by atoms with E-state index in [2.05, 4.69) is 24.0 Å². The van der Waals surface area contributed by atoms with Crippen molar-refractivity contribution in [2.24, 2.45) is 5.41 Å². The number of rotatable bonds is 2. The minimum atomic E-state index is 0.328. The fourth-order valence-electron chi connectivity index (χ4n) is 4.21. The molecule has 2 aliphatic rings. The third kappa shape index (κ3) is 2.58. The van der Waals surface area contributed by atoms with Gasteiger partial charge in [0.05, 0.1) is 0 Å². The second kappa shape index (κ2) is 5.40. The van der Waals surface area contributed by atoms with E-state index in [1.165, 1.54) is 51.6 Å². The Hall–Kier alpha value is -1.02. The average molecular weight is 273 g/mol. The number of hydrogen-bond donors (Lipinski definition) is 1. The van der Waals surface area contributed by atoms with Crippen molar-refractivity contribution in [3.8, 4) is 5.75 Å². The minimum Gasteiger partial charge on any atom is -0.508 e. The molecule has 1 saturated carbocycles. The molecule has 2 heteroatoms. The summed E-state index contributed by atoms with van der Waals surface area (Å²) in [5, 5.41) is 10.2. The van der Waals surface area contributed by atoms with E-state index in [1.54, 1.807) is 0 Å². The molecule has 0 amide bonds. The van der Waals surface area contributed by atoms with Crippen LogP contribution in [-0.4, -0.2) is 23.1 Å². The van der Waals surface area contributed by atoms with Gasteiger partial charge in [-0.3, -0.25) is 4.90 Å². The molecule has 1 aliphatic carbocycles. The predicted molar refractivity (Wildman–Crippen MR) is 83.0 cm³/mol. The summed E-state index contributed by atoms with van der Waals surface area (Å²) in [6, 6.07) is 6.41. The molecule has 0 radical (unpaired) electrons. The summed E-state index contributed by atoms with van der Waals surface area (Å²) in [7, 11) is 0. The van der Waals surface area contributed by atoms with Crippen molar-refractivity contribution in [3.05, 3.63) is 29.3 Å². The second-order valence-corrected chi connectivity index (χ2v) is 6.98. The lowest BCUT2D eigenvalue weighted by Crippen LogP contribution is -2.40. The number of hydrogen-bond acceptors (Lipinski definition) is 2. The summed E-state index contributed by atoms with van der Waals surface area (Å²) >= 11 is 0. The van der Waals surface area contributed by atoms with Crippen LogP contribution in [0.2, 0.25) is 0 Å². The van der Waals surface area contributed by atoms with Gasteiger partial charge in [-0.1, -0.05) is 25.0 Å². The molecule has 0 bridgehead atoms. The number of likely N-dealkylation sites (tertiary alicyclic amines) is 1. The zero-order valence-electron chi connectivity index (χ0n) is 12.9. The van der Waals surface area contributed by atoms with Crippen molar-refractivity contribution in [1.29, 1.82) is 0 Å². The maximum atomic E-state index is 10.2. The first kappa shape index (κ1) is 13.9. The van der Waals surface area contributed by atoms with Crippen LogP contribution in [0, 0.1) is 12.3 Å². The predicted octanol–water partition coefficient (Wildman–Crippen LogP) is 4.42. The van der Waals surface area contributed by atoms with E-state index in [4.69, 9.17) is 0 Å². The molecule has 1 saturated heterocycles. The maximum Gasteiger partial charge on any atom is 0.120 e. The normalized spacial score (nSPS) is 24.1. The standard InChI is InChI=1S/C18H27NO/c1-14-5-6-16(17(20)13-14)15(2)19-11-9-18(10-12-19)7-3-4-8-18/h5-6,13,15,20H,3-4,7-12H2,1-2H3. The van der Waals surface area contributed by atoms with Crippen LogP contribution in [0.25, 0.3) is 0 Å². The lowest BCUT2D eigenvalue weighted by molar-refractivity contribution is 0.0806. The largest absolute Gasteiger partial charge is 0.508 e. The quantitative estimate of drug-likeness (QED) is 0.862. The molecule has 2 fully saturated rings. The highest BCUT2D eigenvalue weighted by atomic mass is 16.3. The van der Waals surface area contributed by atoms with Gasteiger partial charge in [0, 0.05) is 11.6 Å². The van der Waals surface area contributed by atoms with Gasteiger partial charge in [-0.05, 0) is 69.7 Å².